The van der Waals surface area contributed by atoms with E-state index in [4.69, 9.17) is 10.8 Å². The Morgan fingerprint density at radius 1 is 1.25 bits per heavy atom. The molecule has 1 aliphatic rings. The van der Waals surface area contributed by atoms with Crippen LogP contribution < -0.4 is 0 Å². The van der Waals surface area contributed by atoms with Gasteiger partial charge in [-0.1, -0.05) is 0 Å². The van der Waals surface area contributed by atoms with Gasteiger partial charge < -0.3 is 4.90 Å². The van der Waals surface area contributed by atoms with E-state index in [2.05, 4.69) is 4.74 Å². The Labute approximate surface area is 118 Å². The van der Waals surface area contributed by atoms with Crippen LogP contribution in [0, 0.1) is 10.8 Å². The normalized spacial score (nSPS) is 17.1. The van der Waals surface area contributed by atoms with Gasteiger partial charge >= 0.3 is 6.36 Å². The largest absolute Gasteiger partial charge is 0.522 e. The molecule has 0 unspecified atom stereocenters. The van der Waals surface area contributed by atoms with E-state index in [1.165, 1.54) is 0 Å². The lowest BCUT2D eigenvalue weighted by molar-refractivity contribution is -0.325. The van der Waals surface area contributed by atoms with Crippen LogP contribution >= 0.6 is 11.8 Å². The summed E-state index contributed by atoms with van der Waals surface area (Å²) in [4.78, 5) is 13.8. The van der Waals surface area contributed by atoms with Gasteiger partial charge in [-0.2, -0.15) is 0 Å². The number of rotatable bonds is 4. The first-order chi connectivity index (χ1) is 9.31. The van der Waals surface area contributed by atoms with Crippen LogP contribution in [-0.4, -0.2) is 72.0 Å². The molecule has 1 heterocycles. The van der Waals surface area contributed by atoms with Gasteiger partial charge in [0.05, 0.1) is 6.61 Å². The molecular formula is C10H15F3N4O2S. The second-order valence-corrected chi connectivity index (χ2v) is 5.04. The first-order valence-electron chi connectivity index (χ1n) is 5.80. The van der Waals surface area contributed by atoms with Gasteiger partial charge in [-0.05, 0) is 11.8 Å². The van der Waals surface area contributed by atoms with Crippen molar-refractivity contribution in [3.63, 3.8) is 0 Å². The predicted molar refractivity (Wildman–Crippen MR) is 69.1 cm³/mol. The number of alkyl halides is 3. The molecule has 114 valence electrons. The third kappa shape index (κ3) is 6.35. The van der Waals surface area contributed by atoms with Crippen LogP contribution in [0.15, 0.2) is 0 Å². The zero-order valence-corrected chi connectivity index (χ0v) is 11.4. The minimum atomic E-state index is -4.60. The van der Waals surface area contributed by atoms with Crippen LogP contribution in [-0.2, 0) is 9.53 Å². The Hall–Kier alpha value is -1.13. The highest BCUT2D eigenvalue weighted by molar-refractivity contribution is 8.27. The van der Waals surface area contributed by atoms with Gasteiger partial charge in [0, 0.05) is 32.7 Å². The zero-order chi connectivity index (χ0) is 15.2. The molecule has 2 N–H and O–H groups in total. The molecular weight excluding hydrogens is 297 g/mol. The molecule has 10 heteroatoms. The van der Waals surface area contributed by atoms with Crippen molar-refractivity contribution < 1.29 is 22.7 Å². The molecule has 0 aromatic heterocycles. The second kappa shape index (κ2) is 7.60. The number of carbonyl (C=O) groups excluding carboxylic acids is 1. The lowest BCUT2D eigenvalue weighted by Crippen LogP contribution is -2.48. The standard InChI is InChI=1S/C10H15F3N4O2S/c11-10(12,13)19-6-5-16-1-3-17(4-2-16)9(15)20-8(14)7-18/h7,14-15H,1-6H2. The van der Waals surface area contributed by atoms with Crippen molar-refractivity contribution in [3.05, 3.63) is 0 Å². The number of thioether (sulfide) groups is 1. The molecule has 0 atom stereocenters. The average molecular weight is 312 g/mol. The van der Waals surface area contributed by atoms with Crippen molar-refractivity contribution >= 4 is 28.3 Å². The minimum absolute atomic E-state index is 0.105. The number of ether oxygens (including phenoxy) is 1. The lowest BCUT2D eigenvalue weighted by atomic mass is 10.3. The van der Waals surface area contributed by atoms with Gasteiger partial charge in [-0.25, -0.2) is 0 Å². The quantitative estimate of drug-likeness (QED) is 0.459. The van der Waals surface area contributed by atoms with E-state index in [1.54, 1.807) is 4.90 Å². The number of carbonyl (C=O) groups is 1. The van der Waals surface area contributed by atoms with Crippen LogP contribution in [0.2, 0.25) is 0 Å². The highest BCUT2D eigenvalue weighted by atomic mass is 32.2. The molecule has 20 heavy (non-hydrogen) atoms. The predicted octanol–water partition coefficient (Wildman–Crippen LogP) is 0.985. The van der Waals surface area contributed by atoms with Crippen molar-refractivity contribution in [2.45, 2.75) is 6.36 Å². The van der Waals surface area contributed by atoms with Gasteiger partial charge in [0.1, 0.15) is 5.04 Å². The first-order valence-corrected chi connectivity index (χ1v) is 6.61. The van der Waals surface area contributed by atoms with Crippen molar-refractivity contribution in [3.8, 4) is 0 Å². The number of nitrogens with zero attached hydrogens (tertiary/aromatic N) is 2. The van der Waals surface area contributed by atoms with Crippen LogP contribution in [0.3, 0.4) is 0 Å². The molecule has 1 aliphatic heterocycles. The molecule has 0 aliphatic carbocycles. The number of halogens is 3. The summed E-state index contributed by atoms with van der Waals surface area (Å²) in [6, 6.07) is 0. The number of piperazine rings is 1. The summed E-state index contributed by atoms with van der Waals surface area (Å²) < 4.78 is 39.1. The number of hydrogen-bond acceptors (Lipinski definition) is 6. The highest BCUT2D eigenvalue weighted by Crippen LogP contribution is 2.16. The smallest absolute Gasteiger partial charge is 0.349 e. The maximum Gasteiger partial charge on any atom is 0.522 e. The molecule has 0 aromatic carbocycles. The van der Waals surface area contributed by atoms with Gasteiger partial charge in [0.25, 0.3) is 0 Å². The maximum atomic E-state index is 11.8. The SMILES string of the molecule is N=C(C=O)SC(=N)N1CCN(CCOC(F)(F)F)CC1. The lowest BCUT2D eigenvalue weighted by Gasteiger charge is -2.35. The number of nitrogens with one attached hydrogen (secondary N) is 2. The van der Waals surface area contributed by atoms with Gasteiger partial charge in [0.2, 0.25) is 0 Å². The van der Waals surface area contributed by atoms with E-state index in [-0.39, 0.29) is 16.8 Å². The van der Waals surface area contributed by atoms with Crippen LogP contribution in [0.5, 0.6) is 0 Å². The van der Waals surface area contributed by atoms with Crippen molar-refractivity contribution in [1.29, 1.82) is 10.8 Å². The summed E-state index contributed by atoms with van der Waals surface area (Å²) in [5.41, 5.74) is 0. The molecule has 1 fully saturated rings. The van der Waals surface area contributed by atoms with Crippen LogP contribution in [0.4, 0.5) is 13.2 Å². The van der Waals surface area contributed by atoms with E-state index in [0.717, 1.165) is 11.8 Å². The minimum Gasteiger partial charge on any atom is -0.349 e. The Kier molecular flexibility index (Phi) is 6.43. The Balaban J connectivity index is 2.24. The van der Waals surface area contributed by atoms with Gasteiger partial charge in [0.15, 0.2) is 11.5 Å². The maximum absolute atomic E-state index is 11.8. The molecule has 6 nitrogen and oxygen atoms in total. The highest BCUT2D eigenvalue weighted by Gasteiger charge is 2.29. The third-order valence-electron chi connectivity index (χ3n) is 2.65. The topological polar surface area (TPSA) is 80.5 Å². The van der Waals surface area contributed by atoms with Gasteiger partial charge in [-0.15, -0.1) is 13.2 Å². The zero-order valence-electron chi connectivity index (χ0n) is 10.6. The van der Waals surface area contributed by atoms with Gasteiger partial charge in [-0.3, -0.25) is 25.2 Å². The van der Waals surface area contributed by atoms with E-state index in [1.807, 2.05) is 4.90 Å². The summed E-state index contributed by atoms with van der Waals surface area (Å²) in [5.74, 6) is 0. The fourth-order valence-corrected chi connectivity index (χ4v) is 2.23. The Bertz CT molecular complexity index is 370. The number of aldehydes is 1. The molecule has 0 amide bonds. The fourth-order valence-electron chi connectivity index (χ4n) is 1.66. The monoisotopic (exact) mass is 312 g/mol. The summed E-state index contributed by atoms with van der Waals surface area (Å²) in [5, 5.41) is 14.7. The molecule has 0 saturated carbocycles. The number of amidine groups is 1. The van der Waals surface area contributed by atoms with Crippen LogP contribution in [0.25, 0.3) is 0 Å². The molecule has 1 saturated heterocycles. The van der Waals surface area contributed by atoms with Crippen molar-refractivity contribution in [2.75, 3.05) is 39.3 Å². The summed E-state index contributed by atoms with van der Waals surface area (Å²) in [7, 11) is 0. The van der Waals surface area contributed by atoms with Crippen LogP contribution in [0.1, 0.15) is 0 Å². The number of hydrogen-bond donors (Lipinski definition) is 2. The summed E-state index contributed by atoms with van der Waals surface area (Å²) in [6.07, 6.45) is -4.24. The molecule has 0 radical (unpaired) electrons. The molecule has 0 bridgehead atoms. The Morgan fingerprint density at radius 3 is 2.35 bits per heavy atom. The van der Waals surface area contributed by atoms with E-state index in [9.17, 15) is 18.0 Å². The second-order valence-electron chi connectivity index (χ2n) is 4.01. The third-order valence-corrected chi connectivity index (χ3v) is 3.41. The fraction of sp³-hybridized carbons (Fsp3) is 0.700. The van der Waals surface area contributed by atoms with E-state index < -0.39 is 13.0 Å². The average Bonchev–Trinajstić information content (AvgIpc) is 2.37. The summed E-state index contributed by atoms with van der Waals surface area (Å²) >= 11 is 0.761. The van der Waals surface area contributed by atoms with Crippen molar-refractivity contribution in [2.24, 2.45) is 0 Å². The first kappa shape index (κ1) is 16.9. The van der Waals surface area contributed by atoms with E-state index in [0.29, 0.717) is 32.5 Å². The molecule has 1 rings (SSSR count). The Morgan fingerprint density at radius 2 is 1.85 bits per heavy atom. The molecule has 0 aromatic rings. The molecule has 0 spiro atoms. The summed E-state index contributed by atoms with van der Waals surface area (Å²) in [6.45, 7) is 1.74. The van der Waals surface area contributed by atoms with E-state index >= 15 is 0 Å². The van der Waals surface area contributed by atoms with Crippen molar-refractivity contribution in [1.82, 2.24) is 9.80 Å².